The number of alkyl halides is 3. The lowest BCUT2D eigenvalue weighted by molar-refractivity contribution is -0.137. The predicted octanol–water partition coefficient (Wildman–Crippen LogP) is 4.81. The van der Waals surface area contributed by atoms with Crippen molar-refractivity contribution in [2.45, 2.75) is 26.1 Å². The molecule has 0 fully saturated rings. The van der Waals surface area contributed by atoms with E-state index in [2.05, 4.69) is 17.2 Å². The molecule has 2 aromatic rings. The van der Waals surface area contributed by atoms with Crippen LogP contribution in [0.4, 0.5) is 18.9 Å². The zero-order chi connectivity index (χ0) is 16.9. The molecule has 0 bridgehead atoms. The van der Waals surface area contributed by atoms with Crippen molar-refractivity contribution in [3.8, 4) is 0 Å². The molecule has 0 amide bonds. The standard InChI is InChI=1S/C17H18F3N3.HI/c1-2-12-6-8-15(9-7-12)23-16(21)22-11-13-4-3-5-14(10-13)17(18,19)20;/h3-10H,2,11H2,1H3,(H3,21,22,23);1H. The molecule has 0 saturated carbocycles. The average Bonchev–Trinajstić information content (AvgIpc) is 2.53. The van der Waals surface area contributed by atoms with Crippen LogP contribution in [0.2, 0.25) is 0 Å². The zero-order valence-electron chi connectivity index (χ0n) is 13.1. The minimum Gasteiger partial charge on any atom is -0.370 e. The molecule has 0 heterocycles. The van der Waals surface area contributed by atoms with Gasteiger partial charge < -0.3 is 11.1 Å². The van der Waals surface area contributed by atoms with Crippen LogP contribution in [0, 0.1) is 0 Å². The van der Waals surface area contributed by atoms with Crippen LogP contribution in [-0.2, 0) is 19.1 Å². The van der Waals surface area contributed by atoms with Crippen LogP contribution in [0.5, 0.6) is 0 Å². The molecule has 7 heteroatoms. The highest BCUT2D eigenvalue weighted by molar-refractivity contribution is 14.0. The number of guanidine groups is 1. The highest BCUT2D eigenvalue weighted by Gasteiger charge is 2.30. The van der Waals surface area contributed by atoms with Crippen molar-refractivity contribution >= 4 is 35.6 Å². The van der Waals surface area contributed by atoms with Crippen LogP contribution in [0.3, 0.4) is 0 Å². The number of hydrogen-bond acceptors (Lipinski definition) is 1. The van der Waals surface area contributed by atoms with Crippen LogP contribution in [0.25, 0.3) is 0 Å². The summed E-state index contributed by atoms with van der Waals surface area (Å²) in [6.45, 7) is 2.14. The SMILES string of the molecule is CCc1ccc(NC(N)=NCc2cccc(C(F)(F)F)c2)cc1.I. The monoisotopic (exact) mass is 449 g/mol. The second-order valence-electron chi connectivity index (χ2n) is 5.08. The Morgan fingerprint density at radius 3 is 2.33 bits per heavy atom. The van der Waals surface area contributed by atoms with Crippen LogP contribution in [0.1, 0.15) is 23.6 Å². The van der Waals surface area contributed by atoms with Crippen LogP contribution < -0.4 is 11.1 Å². The summed E-state index contributed by atoms with van der Waals surface area (Å²) in [6, 6.07) is 12.8. The fraction of sp³-hybridized carbons (Fsp3) is 0.235. The summed E-state index contributed by atoms with van der Waals surface area (Å²) in [6.07, 6.45) is -3.41. The van der Waals surface area contributed by atoms with Crippen molar-refractivity contribution in [2.24, 2.45) is 10.7 Å². The van der Waals surface area contributed by atoms with E-state index in [-0.39, 0.29) is 36.5 Å². The van der Waals surface area contributed by atoms with E-state index < -0.39 is 11.7 Å². The summed E-state index contributed by atoms with van der Waals surface area (Å²) >= 11 is 0. The summed E-state index contributed by atoms with van der Waals surface area (Å²) in [5.41, 5.74) is 7.51. The van der Waals surface area contributed by atoms with E-state index in [0.29, 0.717) is 5.56 Å². The highest BCUT2D eigenvalue weighted by Crippen LogP contribution is 2.29. The number of rotatable bonds is 4. The first-order valence-electron chi connectivity index (χ1n) is 7.20. The van der Waals surface area contributed by atoms with E-state index in [9.17, 15) is 13.2 Å². The first kappa shape index (κ1) is 20.3. The summed E-state index contributed by atoms with van der Waals surface area (Å²) in [4.78, 5) is 4.07. The molecule has 0 radical (unpaired) electrons. The van der Waals surface area contributed by atoms with Gasteiger partial charge in [-0.25, -0.2) is 4.99 Å². The maximum atomic E-state index is 12.6. The summed E-state index contributed by atoms with van der Waals surface area (Å²) < 4.78 is 37.9. The normalized spacial score (nSPS) is 11.8. The molecular weight excluding hydrogens is 430 g/mol. The third-order valence-corrected chi connectivity index (χ3v) is 3.32. The van der Waals surface area contributed by atoms with Crippen LogP contribution in [-0.4, -0.2) is 5.96 Å². The van der Waals surface area contributed by atoms with Crippen molar-refractivity contribution in [3.05, 3.63) is 65.2 Å². The van der Waals surface area contributed by atoms with Gasteiger partial charge in [0.1, 0.15) is 0 Å². The van der Waals surface area contributed by atoms with Crippen molar-refractivity contribution < 1.29 is 13.2 Å². The Kier molecular flexibility index (Phi) is 7.53. The lowest BCUT2D eigenvalue weighted by Gasteiger charge is -2.08. The van der Waals surface area contributed by atoms with Gasteiger partial charge in [0.25, 0.3) is 0 Å². The zero-order valence-corrected chi connectivity index (χ0v) is 15.4. The molecule has 0 unspecified atom stereocenters. The van der Waals surface area contributed by atoms with Crippen LogP contribution >= 0.6 is 24.0 Å². The average molecular weight is 449 g/mol. The first-order valence-corrected chi connectivity index (χ1v) is 7.20. The molecule has 0 atom stereocenters. The van der Waals surface area contributed by atoms with Crippen molar-refractivity contribution in [1.82, 2.24) is 0 Å². The number of nitrogens with one attached hydrogen (secondary N) is 1. The molecule has 0 aliphatic rings. The van der Waals surface area contributed by atoms with E-state index in [4.69, 9.17) is 5.73 Å². The van der Waals surface area contributed by atoms with Gasteiger partial charge in [0.15, 0.2) is 5.96 Å². The lowest BCUT2D eigenvalue weighted by atomic mass is 10.1. The van der Waals surface area contributed by atoms with Crippen molar-refractivity contribution in [1.29, 1.82) is 0 Å². The largest absolute Gasteiger partial charge is 0.416 e. The maximum Gasteiger partial charge on any atom is 0.416 e. The molecular formula is C17H19F3IN3. The summed E-state index contributed by atoms with van der Waals surface area (Å²) in [5, 5.41) is 2.91. The Bertz CT molecular complexity index is 682. The second-order valence-corrected chi connectivity index (χ2v) is 5.08. The number of hydrogen-bond donors (Lipinski definition) is 2. The number of halogens is 4. The Hall–Kier alpha value is -1.77. The number of anilines is 1. The quantitative estimate of drug-likeness (QED) is 0.400. The number of benzene rings is 2. The van der Waals surface area contributed by atoms with Crippen LogP contribution in [0.15, 0.2) is 53.5 Å². The topological polar surface area (TPSA) is 50.4 Å². The number of aryl methyl sites for hydroxylation is 1. The lowest BCUT2D eigenvalue weighted by Crippen LogP contribution is -2.22. The van der Waals surface area contributed by atoms with Crippen molar-refractivity contribution in [2.75, 3.05) is 5.32 Å². The molecule has 130 valence electrons. The number of nitrogens with zero attached hydrogens (tertiary/aromatic N) is 1. The molecule has 3 N–H and O–H groups in total. The minimum absolute atomic E-state index is 0. The fourth-order valence-corrected chi connectivity index (χ4v) is 2.03. The second kappa shape index (κ2) is 8.91. The van der Waals surface area contributed by atoms with Gasteiger partial charge in [-0.1, -0.05) is 31.2 Å². The van der Waals surface area contributed by atoms with Gasteiger partial charge in [0.05, 0.1) is 12.1 Å². The minimum atomic E-state index is -4.36. The molecule has 24 heavy (non-hydrogen) atoms. The smallest absolute Gasteiger partial charge is 0.370 e. The number of aliphatic imine (C=N–C) groups is 1. The molecule has 0 spiro atoms. The van der Waals surface area contributed by atoms with Gasteiger partial charge in [-0.15, -0.1) is 24.0 Å². The van der Waals surface area contributed by atoms with E-state index in [1.165, 1.54) is 11.6 Å². The van der Waals surface area contributed by atoms with E-state index in [0.717, 1.165) is 24.2 Å². The number of nitrogens with two attached hydrogens (primary N) is 1. The Labute approximate surface area is 156 Å². The Morgan fingerprint density at radius 1 is 1.08 bits per heavy atom. The van der Waals surface area contributed by atoms with Gasteiger partial charge in [0, 0.05) is 5.69 Å². The highest BCUT2D eigenvalue weighted by atomic mass is 127. The van der Waals surface area contributed by atoms with E-state index in [1.54, 1.807) is 6.07 Å². The van der Waals surface area contributed by atoms with Gasteiger partial charge in [-0.3, -0.25) is 0 Å². The Balaban J connectivity index is 0.00000288. The van der Waals surface area contributed by atoms with E-state index >= 15 is 0 Å². The van der Waals surface area contributed by atoms with Gasteiger partial charge >= 0.3 is 6.18 Å². The summed E-state index contributed by atoms with van der Waals surface area (Å²) in [7, 11) is 0. The Morgan fingerprint density at radius 2 is 1.75 bits per heavy atom. The third-order valence-electron chi connectivity index (χ3n) is 3.32. The summed E-state index contributed by atoms with van der Waals surface area (Å²) in [5.74, 6) is 0.159. The first-order chi connectivity index (χ1) is 10.9. The molecule has 0 saturated heterocycles. The van der Waals surface area contributed by atoms with Gasteiger partial charge in [0.2, 0.25) is 0 Å². The molecule has 3 nitrogen and oxygen atoms in total. The fourth-order valence-electron chi connectivity index (χ4n) is 2.03. The van der Waals surface area contributed by atoms with Gasteiger partial charge in [-0.05, 0) is 41.8 Å². The molecule has 2 aromatic carbocycles. The molecule has 2 rings (SSSR count). The maximum absolute atomic E-state index is 12.6. The van der Waals surface area contributed by atoms with Crippen molar-refractivity contribution in [3.63, 3.8) is 0 Å². The molecule has 0 aliphatic heterocycles. The molecule has 0 aromatic heterocycles. The predicted molar refractivity (Wildman–Crippen MR) is 102 cm³/mol. The third kappa shape index (κ3) is 6.03. The van der Waals surface area contributed by atoms with Gasteiger partial charge in [-0.2, -0.15) is 13.2 Å². The molecule has 0 aliphatic carbocycles. The van der Waals surface area contributed by atoms with E-state index in [1.807, 2.05) is 24.3 Å².